The molecule has 0 amide bonds. The molecule has 1 nitrogen and oxygen atoms in total. The van der Waals surface area contributed by atoms with Crippen molar-refractivity contribution in [1.82, 2.24) is 0 Å². The number of hydrogen-bond acceptors (Lipinski definition) is 1. The minimum absolute atomic E-state index is 0.0478. The summed E-state index contributed by atoms with van der Waals surface area (Å²) in [5.41, 5.74) is 0.00729. The van der Waals surface area contributed by atoms with Crippen LogP contribution in [0, 0.1) is 5.92 Å². The van der Waals surface area contributed by atoms with Crippen molar-refractivity contribution < 1.29 is 4.74 Å². The molecule has 102 valence electrons. The third-order valence-electron chi connectivity index (χ3n) is 3.10. The van der Waals surface area contributed by atoms with E-state index in [1.165, 1.54) is 0 Å². The lowest BCUT2D eigenvalue weighted by molar-refractivity contribution is -0.139. The second kappa shape index (κ2) is 7.20. The van der Waals surface area contributed by atoms with E-state index in [1.54, 1.807) is 0 Å². The predicted molar refractivity (Wildman–Crippen MR) is 77.4 cm³/mol. The lowest BCUT2D eigenvalue weighted by atomic mass is 9.90. The van der Waals surface area contributed by atoms with E-state index in [-0.39, 0.29) is 11.2 Å². The van der Waals surface area contributed by atoms with Crippen molar-refractivity contribution in [2.45, 2.75) is 85.4 Å². The highest BCUT2D eigenvalue weighted by Crippen LogP contribution is 2.31. The van der Waals surface area contributed by atoms with Crippen LogP contribution in [0.2, 0.25) is 0 Å². The van der Waals surface area contributed by atoms with Crippen molar-refractivity contribution in [3.63, 3.8) is 0 Å². The van der Waals surface area contributed by atoms with Gasteiger partial charge in [0.15, 0.2) is 0 Å². The highest BCUT2D eigenvalue weighted by Gasteiger charge is 2.31. The molecule has 0 aromatic rings. The van der Waals surface area contributed by atoms with Gasteiger partial charge in [-0.15, -0.1) is 0 Å². The molecule has 0 spiro atoms. The number of ether oxygens (including phenoxy) is 1. The fourth-order valence-electron chi connectivity index (χ4n) is 2.16. The third-order valence-corrected chi connectivity index (χ3v) is 3.10. The van der Waals surface area contributed by atoms with Crippen LogP contribution in [0.1, 0.15) is 74.1 Å². The van der Waals surface area contributed by atoms with Crippen LogP contribution in [-0.4, -0.2) is 11.2 Å². The summed E-state index contributed by atoms with van der Waals surface area (Å²) >= 11 is 0. The van der Waals surface area contributed by atoms with Gasteiger partial charge < -0.3 is 4.74 Å². The van der Waals surface area contributed by atoms with Crippen molar-refractivity contribution in [2.75, 3.05) is 0 Å². The van der Waals surface area contributed by atoms with E-state index in [0.717, 1.165) is 25.7 Å². The quantitative estimate of drug-likeness (QED) is 0.545. The normalized spacial score (nSPS) is 13.9. The molecule has 0 N–H and O–H groups in total. The fraction of sp³-hybridized carbons (Fsp3) is 0.875. The molecule has 0 aliphatic carbocycles. The van der Waals surface area contributed by atoms with Gasteiger partial charge in [-0.1, -0.05) is 39.8 Å². The largest absolute Gasteiger partial charge is 0.369 e. The van der Waals surface area contributed by atoms with Crippen molar-refractivity contribution in [3.8, 4) is 0 Å². The van der Waals surface area contributed by atoms with Crippen LogP contribution in [0.15, 0.2) is 12.2 Å². The molecule has 0 unspecified atom stereocenters. The zero-order valence-corrected chi connectivity index (χ0v) is 13.0. The summed E-state index contributed by atoms with van der Waals surface area (Å²) in [6.07, 6.45) is 9.02. The summed E-state index contributed by atoms with van der Waals surface area (Å²) in [6.45, 7) is 15.4. The number of rotatable bonds is 7. The van der Waals surface area contributed by atoms with Crippen LogP contribution in [0.3, 0.4) is 0 Å². The molecule has 0 aliphatic rings. The Morgan fingerprint density at radius 3 is 1.94 bits per heavy atom. The van der Waals surface area contributed by atoms with E-state index >= 15 is 0 Å². The Kier molecular flexibility index (Phi) is 7.08. The first-order valence-corrected chi connectivity index (χ1v) is 7.11. The van der Waals surface area contributed by atoms with Crippen molar-refractivity contribution >= 4 is 0 Å². The molecular weight excluding hydrogens is 208 g/mol. The van der Waals surface area contributed by atoms with E-state index in [4.69, 9.17) is 4.74 Å². The molecule has 17 heavy (non-hydrogen) atoms. The Morgan fingerprint density at radius 1 is 1.06 bits per heavy atom. The smallest absolute Gasteiger partial charge is 0.0687 e. The molecule has 1 heteroatoms. The van der Waals surface area contributed by atoms with Crippen LogP contribution >= 0.6 is 0 Å². The molecule has 0 heterocycles. The van der Waals surface area contributed by atoms with Gasteiger partial charge in [0.2, 0.25) is 0 Å². The zero-order valence-electron chi connectivity index (χ0n) is 13.0. The molecule has 0 rings (SSSR count). The first-order valence-electron chi connectivity index (χ1n) is 7.11. The number of allylic oxidation sites excluding steroid dienone is 2. The first-order chi connectivity index (χ1) is 7.74. The van der Waals surface area contributed by atoms with Gasteiger partial charge in [0.25, 0.3) is 0 Å². The SMILES string of the molecule is CCC(CC)(CC/C=C/C(C)C)OC(C)(C)C. The average Bonchev–Trinajstić information content (AvgIpc) is 2.20. The van der Waals surface area contributed by atoms with Gasteiger partial charge in [-0.3, -0.25) is 0 Å². The minimum atomic E-state index is -0.0478. The predicted octanol–water partition coefficient (Wildman–Crippen LogP) is 5.35. The van der Waals surface area contributed by atoms with Gasteiger partial charge >= 0.3 is 0 Å². The van der Waals surface area contributed by atoms with Crippen LogP contribution in [-0.2, 0) is 4.74 Å². The highest BCUT2D eigenvalue weighted by atomic mass is 16.5. The highest BCUT2D eigenvalue weighted by molar-refractivity contribution is 4.89. The van der Waals surface area contributed by atoms with Gasteiger partial charge in [0, 0.05) is 0 Å². The topological polar surface area (TPSA) is 9.23 Å². The van der Waals surface area contributed by atoms with E-state index < -0.39 is 0 Å². The molecule has 0 bridgehead atoms. The molecule has 0 saturated heterocycles. The Morgan fingerprint density at radius 2 is 1.59 bits per heavy atom. The van der Waals surface area contributed by atoms with E-state index in [0.29, 0.717) is 5.92 Å². The maximum absolute atomic E-state index is 6.30. The van der Waals surface area contributed by atoms with Crippen LogP contribution in [0.25, 0.3) is 0 Å². The lowest BCUT2D eigenvalue weighted by Crippen LogP contribution is -2.39. The Balaban J connectivity index is 4.41. The van der Waals surface area contributed by atoms with Gasteiger partial charge in [0.05, 0.1) is 11.2 Å². The molecule has 0 aromatic heterocycles. The van der Waals surface area contributed by atoms with Gasteiger partial charge in [-0.05, 0) is 52.4 Å². The Bertz CT molecular complexity index is 216. The monoisotopic (exact) mass is 240 g/mol. The van der Waals surface area contributed by atoms with Gasteiger partial charge in [-0.2, -0.15) is 0 Å². The number of hydrogen-bond donors (Lipinski definition) is 0. The van der Waals surface area contributed by atoms with Crippen LogP contribution < -0.4 is 0 Å². The minimum Gasteiger partial charge on any atom is -0.369 e. The van der Waals surface area contributed by atoms with Gasteiger partial charge in [0.1, 0.15) is 0 Å². The zero-order chi connectivity index (χ0) is 13.5. The second-order valence-electron chi connectivity index (χ2n) is 6.32. The molecular formula is C16H32O. The average molecular weight is 240 g/mol. The van der Waals surface area contributed by atoms with Crippen LogP contribution in [0.5, 0.6) is 0 Å². The Labute approximate surface area is 109 Å². The summed E-state index contributed by atoms with van der Waals surface area (Å²) in [5, 5.41) is 0. The van der Waals surface area contributed by atoms with Crippen molar-refractivity contribution in [3.05, 3.63) is 12.2 Å². The fourth-order valence-corrected chi connectivity index (χ4v) is 2.16. The van der Waals surface area contributed by atoms with E-state index in [2.05, 4.69) is 60.6 Å². The molecule has 0 atom stereocenters. The van der Waals surface area contributed by atoms with E-state index in [1.807, 2.05) is 0 Å². The second-order valence-corrected chi connectivity index (χ2v) is 6.32. The first kappa shape index (κ1) is 16.7. The van der Waals surface area contributed by atoms with Crippen LogP contribution in [0.4, 0.5) is 0 Å². The molecule has 0 aromatic carbocycles. The summed E-state index contributed by atoms with van der Waals surface area (Å²) in [6, 6.07) is 0. The Hall–Kier alpha value is -0.300. The van der Waals surface area contributed by atoms with Crippen molar-refractivity contribution in [1.29, 1.82) is 0 Å². The molecule has 0 saturated carbocycles. The summed E-state index contributed by atoms with van der Waals surface area (Å²) < 4.78 is 6.30. The summed E-state index contributed by atoms with van der Waals surface area (Å²) in [4.78, 5) is 0. The van der Waals surface area contributed by atoms with E-state index in [9.17, 15) is 0 Å². The van der Waals surface area contributed by atoms with Gasteiger partial charge in [-0.25, -0.2) is 0 Å². The lowest BCUT2D eigenvalue weighted by Gasteiger charge is -2.38. The third kappa shape index (κ3) is 7.59. The summed E-state index contributed by atoms with van der Waals surface area (Å²) in [5.74, 6) is 0.649. The summed E-state index contributed by atoms with van der Waals surface area (Å²) in [7, 11) is 0. The standard InChI is InChI=1S/C16H32O/c1-8-16(9-2,17-15(5,6)7)13-11-10-12-14(3)4/h10,12,14H,8-9,11,13H2,1-7H3/b12-10+. The molecule has 0 radical (unpaired) electrons. The molecule has 0 fully saturated rings. The maximum atomic E-state index is 6.30. The maximum Gasteiger partial charge on any atom is 0.0687 e. The molecule has 0 aliphatic heterocycles. The van der Waals surface area contributed by atoms with Crippen molar-refractivity contribution in [2.24, 2.45) is 5.92 Å².